The van der Waals surface area contributed by atoms with Crippen molar-refractivity contribution in [1.29, 1.82) is 0 Å². The molecule has 0 atom stereocenters. The number of benzene rings is 2. The van der Waals surface area contributed by atoms with Crippen molar-refractivity contribution in [2.45, 2.75) is 6.61 Å². The molecule has 3 rings (SSSR count). The topological polar surface area (TPSA) is 59.1 Å². The van der Waals surface area contributed by atoms with Gasteiger partial charge in [-0.25, -0.2) is 0 Å². The first-order valence-electron chi connectivity index (χ1n) is 8.79. The predicted octanol–water partition coefficient (Wildman–Crippen LogP) is 4.29. The number of methoxy groups -OCH3 is 1. The van der Waals surface area contributed by atoms with E-state index in [4.69, 9.17) is 33.3 Å². The smallest absolute Gasteiger partial charge is 0.265 e. The zero-order chi connectivity index (χ0) is 22.0. The van der Waals surface area contributed by atoms with E-state index >= 15 is 0 Å². The molecular formula is C21H18BrClN2O4S. The Labute approximate surface area is 193 Å². The van der Waals surface area contributed by atoms with E-state index in [0.29, 0.717) is 33.2 Å². The fraction of sp³-hybridized carbons (Fsp3) is 0.190. The third-order valence-corrected chi connectivity index (χ3v) is 6.02. The molecule has 6 nitrogen and oxygen atoms in total. The van der Waals surface area contributed by atoms with E-state index in [1.54, 1.807) is 24.3 Å². The van der Waals surface area contributed by atoms with E-state index in [9.17, 15) is 9.59 Å². The first-order valence-corrected chi connectivity index (χ1v) is 10.4. The fourth-order valence-corrected chi connectivity index (χ4v) is 3.53. The van der Waals surface area contributed by atoms with E-state index in [1.807, 2.05) is 12.1 Å². The van der Waals surface area contributed by atoms with Crippen LogP contribution in [-0.2, 0) is 16.2 Å². The van der Waals surface area contributed by atoms with Gasteiger partial charge in [-0.15, -0.1) is 0 Å². The maximum atomic E-state index is 12.6. The molecule has 1 saturated heterocycles. The lowest BCUT2D eigenvalue weighted by molar-refractivity contribution is -0.132. The Kier molecular flexibility index (Phi) is 6.80. The Hall–Kier alpha value is -2.42. The summed E-state index contributed by atoms with van der Waals surface area (Å²) in [7, 11) is 4.59. The SMILES string of the molecule is COc1cc(C=C2C(=O)N(C)C(=S)N(C)C2=O)c(Br)cc1OCc1ccc(Cl)cc1. The lowest BCUT2D eigenvalue weighted by Gasteiger charge is -2.31. The molecule has 2 aromatic rings. The second-order valence-corrected chi connectivity index (χ2v) is 8.16. The van der Waals surface area contributed by atoms with Crippen LogP contribution in [0.1, 0.15) is 11.1 Å². The minimum absolute atomic E-state index is 0.00573. The quantitative estimate of drug-likeness (QED) is 0.342. The van der Waals surface area contributed by atoms with Gasteiger partial charge in [0.1, 0.15) is 12.2 Å². The lowest BCUT2D eigenvalue weighted by atomic mass is 10.1. The molecule has 0 N–H and O–H groups in total. The molecule has 30 heavy (non-hydrogen) atoms. The number of nitrogens with zero attached hydrogens (tertiary/aromatic N) is 2. The largest absolute Gasteiger partial charge is 0.493 e. The minimum atomic E-state index is -0.461. The predicted molar refractivity (Wildman–Crippen MR) is 123 cm³/mol. The molecule has 156 valence electrons. The second kappa shape index (κ2) is 9.16. The molecular weight excluding hydrogens is 492 g/mol. The summed E-state index contributed by atoms with van der Waals surface area (Å²) >= 11 is 14.5. The van der Waals surface area contributed by atoms with Crippen molar-refractivity contribution in [1.82, 2.24) is 9.80 Å². The molecule has 1 aliphatic rings. The van der Waals surface area contributed by atoms with Crippen LogP contribution in [0.4, 0.5) is 0 Å². The number of carbonyl (C=O) groups excluding carboxylic acids is 2. The van der Waals surface area contributed by atoms with Crippen LogP contribution in [0.2, 0.25) is 5.02 Å². The number of rotatable bonds is 5. The van der Waals surface area contributed by atoms with Gasteiger partial charge in [0.2, 0.25) is 0 Å². The summed E-state index contributed by atoms with van der Waals surface area (Å²) in [5.74, 6) is 0.0548. The summed E-state index contributed by atoms with van der Waals surface area (Å²) in [6.45, 7) is 0.324. The summed E-state index contributed by atoms with van der Waals surface area (Å²) in [6.07, 6.45) is 1.51. The molecule has 1 aliphatic heterocycles. The molecule has 0 spiro atoms. The van der Waals surface area contributed by atoms with E-state index in [0.717, 1.165) is 5.56 Å². The Bertz CT molecular complexity index is 1030. The average Bonchev–Trinajstić information content (AvgIpc) is 2.74. The van der Waals surface area contributed by atoms with Crippen molar-refractivity contribution < 1.29 is 19.1 Å². The molecule has 0 unspecified atom stereocenters. The average molecular weight is 510 g/mol. The highest BCUT2D eigenvalue weighted by atomic mass is 79.9. The molecule has 1 fully saturated rings. The highest BCUT2D eigenvalue weighted by molar-refractivity contribution is 9.10. The first kappa shape index (κ1) is 22.3. The Morgan fingerprint density at radius 2 is 1.67 bits per heavy atom. The summed E-state index contributed by atoms with van der Waals surface area (Å²) in [5, 5.41) is 0.810. The zero-order valence-corrected chi connectivity index (χ0v) is 19.6. The van der Waals surface area contributed by atoms with Crippen molar-refractivity contribution in [3.05, 3.63) is 62.6 Å². The molecule has 2 amide bonds. The lowest BCUT2D eigenvalue weighted by Crippen LogP contribution is -2.52. The highest BCUT2D eigenvalue weighted by Crippen LogP contribution is 2.35. The van der Waals surface area contributed by atoms with Crippen LogP contribution in [0.15, 0.2) is 46.4 Å². The Balaban J connectivity index is 1.90. The van der Waals surface area contributed by atoms with E-state index in [2.05, 4.69) is 15.9 Å². The summed E-state index contributed by atoms with van der Waals surface area (Å²) in [5.41, 5.74) is 1.55. The van der Waals surface area contributed by atoms with Crippen LogP contribution in [-0.4, -0.2) is 47.9 Å². The van der Waals surface area contributed by atoms with Crippen LogP contribution < -0.4 is 9.47 Å². The second-order valence-electron chi connectivity index (χ2n) is 6.51. The van der Waals surface area contributed by atoms with Gasteiger partial charge in [-0.05, 0) is 53.7 Å². The van der Waals surface area contributed by atoms with Gasteiger partial charge in [0, 0.05) is 23.6 Å². The monoisotopic (exact) mass is 508 g/mol. The Morgan fingerprint density at radius 3 is 2.23 bits per heavy atom. The summed E-state index contributed by atoms with van der Waals surface area (Å²) in [4.78, 5) is 27.6. The van der Waals surface area contributed by atoms with Gasteiger partial charge in [0.15, 0.2) is 16.6 Å². The van der Waals surface area contributed by atoms with Gasteiger partial charge in [-0.3, -0.25) is 19.4 Å². The van der Waals surface area contributed by atoms with E-state index in [1.165, 1.54) is 37.1 Å². The number of amides is 2. The third kappa shape index (κ3) is 4.50. The van der Waals surface area contributed by atoms with Crippen molar-refractivity contribution in [3.63, 3.8) is 0 Å². The van der Waals surface area contributed by atoms with Crippen molar-refractivity contribution in [2.75, 3.05) is 21.2 Å². The van der Waals surface area contributed by atoms with Gasteiger partial charge in [0.25, 0.3) is 11.8 Å². The maximum Gasteiger partial charge on any atom is 0.265 e. The number of halogens is 2. The molecule has 0 aliphatic carbocycles. The van der Waals surface area contributed by atoms with Gasteiger partial charge >= 0.3 is 0 Å². The standard InChI is InChI=1S/C21H18BrClN2O4S/c1-24-19(26)15(20(27)25(2)21(24)30)8-13-9-17(28-3)18(10-16(13)22)29-11-12-4-6-14(23)7-5-12/h4-10H,11H2,1-3H3. The van der Waals surface area contributed by atoms with Crippen LogP contribution in [0.25, 0.3) is 6.08 Å². The number of ether oxygens (including phenoxy) is 2. The van der Waals surface area contributed by atoms with Gasteiger partial charge in [-0.1, -0.05) is 39.7 Å². The summed E-state index contributed by atoms with van der Waals surface area (Å²) < 4.78 is 12.0. The van der Waals surface area contributed by atoms with Crippen molar-refractivity contribution in [2.24, 2.45) is 0 Å². The third-order valence-electron chi connectivity index (χ3n) is 4.53. The molecule has 0 bridgehead atoms. The first-order chi connectivity index (χ1) is 14.2. The maximum absolute atomic E-state index is 12.6. The molecule has 0 saturated carbocycles. The normalized spacial score (nSPS) is 14.3. The van der Waals surface area contributed by atoms with Crippen LogP contribution >= 0.6 is 39.7 Å². The molecule has 1 heterocycles. The van der Waals surface area contributed by atoms with E-state index < -0.39 is 11.8 Å². The number of likely N-dealkylation sites (N-methyl/N-ethyl adjacent to an activating group) is 2. The number of carbonyl (C=O) groups is 2. The minimum Gasteiger partial charge on any atom is -0.493 e. The highest BCUT2D eigenvalue weighted by Gasteiger charge is 2.35. The molecule has 2 aromatic carbocycles. The molecule has 0 aromatic heterocycles. The fourth-order valence-electron chi connectivity index (χ4n) is 2.81. The van der Waals surface area contributed by atoms with Crippen molar-refractivity contribution in [3.8, 4) is 11.5 Å². The Morgan fingerprint density at radius 1 is 1.07 bits per heavy atom. The van der Waals surface area contributed by atoms with Gasteiger partial charge in [-0.2, -0.15) is 0 Å². The number of hydrogen-bond donors (Lipinski definition) is 0. The molecule has 0 radical (unpaired) electrons. The van der Waals surface area contributed by atoms with E-state index in [-0.39, 0.29) is 10.7 Å². The van der Waals surface area contributed by atoms with Gasteiger partial charge < -0.3 is 9.47 Å². The van der Waals surface area contributed by atoms with Gasteiger partial charge in [0.05, 0.1) is 7.11 Å². The number of thiocarbonyl (C=S) groups is 1. The van der Waals surface area contributed by atoms with Crippen LogP contribution in [0, 0.1) is 0 Å². The van der Waals surface area contributed by atoms with Crippen molar-refractivity contribution >= 4 is 62.8 Å². The molecule has 9 heteroatoms. The van der Waals surface area contributed by atoms with Crippen LogP contribution in [0.5, 0.6) is 11.5 Å². The zero-order valence-electron chi connectivity index (χ0n) is 16.4. The van der Waals surface area contributed by atoms with Crippen LogP contribution in [0.3, 0.4) is 0 Å². The summed E-state index contributed by atoms with van der Waals surface area (Å²) in [6, 6.07) is 10.8. The number of hydrogen-bond acceptors (Lipinski definition) is 5.